The highest BCUT2D eigenvalue weighted by Gasteiger charge is 2.40. The average Bonchev–Trinajstić information content (AvgIpc) is 3.29. The summed E-state index contributed by atoms with van der Waals surface area (Å²) in [6.45, 7) is 7.49. The zero-order valence-corrected chi connectivity index (χ0v) is 13.0. The first-order valence-electron chi connectivity index (χ1n) is 8.66. The van der Waals surface area contributed by atoms with Gasteiger partial charge in [0.1, 0.15) is 0 Å². The fourth-order valence-corrected chi connectivity index (χ4v) is 3.07. The third-order valence-corrected chi connectivity index (χ3v) is 4.78. The Morgan fingerprint density at radius 2 is 1.79 bits per heavy atom. The molecule has 1 atom stereocenters. The maximum atomic E-state index is 5.87. The molecule has 0 bridgehead atoms. The Bertz CT molecular complexity index is 223. The molecule has 2 nitrogen and oxygen atoms in total. The van der Waals surface area contributed by atoms with Gasteiger partial charge in [-0.1, -0.05) is 33.1 Å². The zero-order chi connectivity index (χ0) is 13.5. The van der Waals surface area contributed by atoms with E-state index in [1.54, 1.807) is 0 Å². The van der Waals surface area contributed by atoms with Crippen LogP contribution in [0.3, 0.4) is 0 Å². The summed E-state index contributed by atoms with van der Waals surface area (Å²) in [5, 5.41) is 3.75. The second-order valence-electron chi connectivity index (χ2n) is 6.65. The van der Waals surface area contributed by atoms with E-state index < -0.39 is 0 Å². The van der Waals surface area contributed by atoms with Gasteiger partial charge in [0.15, 0.2) is 0 Å². The topological polar surface area (TPSA) is 21.3 Å². The van der Waals surface area contributed by atoms with Crippen LogP contribution < -0.4 is 5.32 Å². The predicted molar refractivity (Wildman–Crippen MR) is 81.4 cm³/mol. The van der Waals surface area contributed by atoms with E-state index in [1.807, 2.05) is 0 Å². The zero-order valence-electron chi connectivity index (χ0n) is 13.0. The van der Waals surface area contributed by atoms with Gasteiger partial charge in [0, 0.05) is 19.2 Å². The minimum Gasteiger partial charge on any atom is -0.380 e. The normalized spacial score (nSPS) is 21.0. The molecular formula is C17H33NO. The van der Waals surface area contributed by atoms with Crippen LogP contribution in [0.2, 0.25) is 0 Å². The maximum absolute atomic E-state index is 5.87. The van der Waals surface area contributed by atoms with Gasteiger partial charge in [-0.25, -0.2) is 0 Å². The van der Waals surface area contributed by atoms with E-state index in [-0.39, 0.29) is 0 Å². The van der Waals surface area contributed by atoms with E-state index in [0.29, 0.717) is 0 Å². The number of unbranched alkanes of at least 4 members (excludes halogenated alkanes) is 1. The Morgan fingerprint density at radius 3 is 2.32 bits per heavy atom. The van der Waals surface area contributed by atoms with Gasteiger partial charge in [0.2, 0.25) is 0 Å². The van der Waals surface area contributed by atoms with E-state index >= 15 is 0 Å². The summed E-state index contributed by atoms with van der Waals surface area (Å²) in [6, 6.07) is 0.825. The number of rotatable bonds is 12. The van der Waals surface area contributed by atoms with E-state index in [0.717, 1.165) is 43.6 Å². The molecule has 2 aliphatic carbocycles. The van der Waals surface area contributed by atoms with Gasteiger partial charge in [0.25, 0.3) is 0 Å². The number of hydrogen-bond donors (Lipinski definition) is 1. The molecule has 0 heterocycles. The van der Waals surface area contributed by atoms with Crippen molar-refractivity contribution in [2.24, 2.45) is 17.8 Å². The van der Waals surface area contributed by atoms with Crippen LogP contribution in [0.15, 0.2) is 0 Å². The standard InChI is InChI=1S/C17H33NO/c1-3-5-6-14(4-2)13-19-12-11-18-17(15-7-8-15)16-9-10-16/h14-18H,3-13H2,1-2H3. The first kappa shape index (κ1) is 15.3. The van der Waals surface area contributed by atoms with Gasteiger partial charge < -0.3 is 10.1 Å². The van der Waals surface area contributed by atoms with Gasteiger partial charge in [-0.3, -0.25) is 0 Å². The van der Waals surface area contributed by atoms with E-state index in [4.69, 9.17) is 4.74 Å². The summed E-state index contributed by atoms with van der Waals surface area (Å²) in [6.07, 6.45) is 11.1. The molecule has 2 rings (SSSR count). The molecular weight excluding hydrogens is 234 g/mol. The molecule has 112 valence electrons. The van der Waals surface area contributed by atoms with Crippen molar-refractivity contribution in [2.45, 2.75) is 71.3 Å². The molecule has 0 aliphatic heterocycles. The molecule has 0 radical (unpaired) electrons. The van der Waals surface area contributed by atoms with Gasteiger partial charge in [-0.05, 0) is 49.9 Å². The molecule has 1 N–H and O–H groups in total. The van der Waals surface area contributed by atoms with Crippen LogP contribution >= 0.6 is 0 Å². The van der Waals surface area contributed by atoms with Crippen molar-refractivity contribution >= 4 is 0 Å². The van der Waals surface area contributed by atoms with Gasteiger partial charge in [-0.2, -0.15) is 0 Å². The van der Waals surface area contributed by atoms with Crippen molar-refractivity contribution in [3.8, 4) is 0 Å². The maximum Gasteiger partial charge on any atom is 0.0591 e. The Kier molecular flexibility index (Phi) is 6.66. The first-order valence-corrected chi connectivity index (χ1v) is 8.66. The SMILES string of the molecule is CCCCC(CC)COCCNC(C1CC1)C1CC1. The highest BCUT2D eigenvalue weighted by molar-refractivity contribution is 4.96. The van der Waals surface area contributed by atoms with E-state index in [1.165, 1.54) is 51.4 Å². The van der Waals surface area contributed by atoms with Crippen LogP contribution in [-0.2, 0) is 4.74 Å². The second kappa shape index (κ2) is 8.26. The third kappa shape index (κ3) is 5.83. The predicted octanol–water partition coefficient (Wildman–Crippen LogP) is 4.00. The van der Waals surface area contributed by atoms with Gasteiger partial charge in [-0.15, -0.1) is 0 Å². The van der Waals surface area contributed by atoms with Crippen molar-refractivity contribution < 1.29 is 4.74 Å². The molecule has 0 amide bonds. The monoisotopic (exact) mass is 267 g/mol. The van der Waals surface area contributed by atoms with Crippen LogP contribution in [0.5, 0.6) is 0 Å². The molecule has 2 heteroatoms. The number of nitrogens with one attached hydrogen (secondary N) is 1. The molecule has 19 heavy (non-hydrogen) atoms. The van der Waals surface area contributed by atoms with Crippen LogP contribution in [0.25, 0.3) is 0 Å². The molecule has 2 saturated carbocycles. The Morgan fingerprint density at radius 1 is 1.11 bits per heavy atom. The van der Waals surface area contributed by atoms with Gasteiger partial charge in [0.05, 0.1) is 6.61 Å². The lowest BCUT2D eigenvalue weighted by Crippen LogP contribution is -2.35. The summed E-state index contributed by atoms with van der Waals surface area (Å²) in [5.74, 6) is 2.78. The summed E-state index contributed by atoms with van der Waals surface area (Å²) in [5.41, 5.74) is 0. The quantitative estimate of drug-likeness (QED) is 0.540. The van der Waals surface area contributed by atoms with Crippen molar-refractivity contribution in [1.82, 2.24) is 5.32 Å². The summed E-state index contributed by atoms with van der Waals surface area (Å²) in [7, 11) is 0. The van der Waals surface area contributed by atoms with Crippen LogP contribution in [0, 0.1) is 17.8 Å². The lowest BCUT2D eigenvalue weighted by atomic mass is 10.0. The van der Waals surface area contributed by atoms with Crippen molar-refractivity contribution in [1.29, 1.82) is 0 Å². The number of ether oxygens (including phenoxy) is 1. The van der Waals surface area contributed by atoms with Crippen molar-refractivity contribution in [3.63, 3.8) is 0 Å². The molecule has 2 fully saturated rings. The first-order chi connectivity index (χ1) is 9.35. The largest absolute Gasteiger partial charge is 0.380 e. The third-order valence-electron chi connectivity index (χ3n) is 4.78. The van der Waals surface area contributed by atoms with Crippen molar-refractivity contribution in [2.75, 3.05) is 19.8 Å². The van der Waals surface area contributed by atoms with Gasteiger partial charge >= 0.3 is 0 Å². The van der Waals surface area contributed by atoms with E-state index in [9.17, 15) is 0 Å². The molecule has 0 aromatic rings. The summed E-state index contributed by atoms with van der Waals surface area (Å²) >= 11 is 0. The highest BCUT2D eigenvalue weighted by Crippen LogP contribution is 2.44. The fraction of sp³-hybridized carbons (Fsp3) is 1.00. The molecule has 2 aliphatic rings. The lowest BCUT2D eigenvalue weighted by Gasteiger charge is -2.19. The van der Waals surface area contributed by atoms with Crippen LogP contribution in [-0.4, -0.2) is 25.8 Å². The summed E-state index contributed by atoms with van der Waals surface area (Å²) in [4.78, 5) is 0. The Hall–Kier alpha value is -0.0800. The smallest absolute Gasteiger partial charge is 0.0591 e. The second-order valence-corrected chi connectivity index (χ2v) is 6.65. The fourth-order valence-electron chi connectivity index (χ4n) is 3.07. The highest BCUT2D eigenvalue weighted by atomic mass is 16.5. The Balaban J connectivity index is 1.48. The lowest BCUT2D eigenvalue weighted by molar-refractivity contribution is 0.0932. The molecule has 0 aromatic carbocycles. The number of hydrogen-bond acceptors (Lipinski definition) is 2. The molecule has 0 saturated heterocycles. The minimum atomic E-state index is 0.780. The molecule has 0 spiro atoms. The Labute approximate surface area is 119 Å². The molecule has 0 aromatic heterocycles. The van der Waals surface area contributed by atoms with Crippen LogP contribution in [0.4, 0.5) is 0 Å². The van der Waals surface area contributed by atoms with E-state index in [2.05, 4.69) is 19.2 Å². The molecule has 1 unspecified atom stereocenters. The van der Waals surface area contributed by atoms with Crippen LogP contribution in [0.1, 0.15) is 65.2 Å². The minimum absolute atomic E-state index is 0.780. The summed E-state index contributed by atoms with van der Waals surface area (Å²) < 4.78 is 5.87. The average molecular weight is 267 g/mol. The van der Waals surface area contributed by atoms with Crippen molar-refractivity contribution in [3.05, 3.63) is 0 Å².